The highest BCUT2D eigenvalue weighted by atomic mass is 35.5. The zero-order chi connectivity index (χ0) is 21.6. The van der Waals surface area contributed by atoms with Gasteiger partial charge < -0.3 is 10.7 Å². The molecule has 0 unspecified atom stereocenters. The number of fused-ring (bicyclic) bond motifs is 1. The highest BCUT2D eigenvalue weighted by Gasteiger charge is 2.21. The summed E-state index contributed by atoms with van der Waals surface area (Å²) < 4.78 is 1.19. The number of H-pyrrole nitrogens is 1. The largest absolute Gasteiger partial charge is 0.364 e. The van der Waals surface area contributed by atoms with Crippen molar-refractivity contribution in [3.8, 4) is 17.1 Å². The van der Waals surface area contributed by atoms with Crippen LogP contribution < -0.4 is 11.4 Å². The second-order valence-electron chi connectivity index (χ2n) is 6.13. The summed E-state index contributed by atoms with van der Waals surface area (Å²) in [7, 11) is 0. The van der Waals surface area contributed by atoms with Gasteiger partial charge in [0, 0.05) is 17.7 Å². The summed E-state index contributed by atoms with van der Waals surface area (Å²) in [5, 5.41) is 11.4. The number of aromatic amines is 1. The molecular formula is C18H10Cl2N6O4. The molecule has 0 bridgehead atoms. The first-order chi connectivity index (χ1) is 14.3. The number of primary amides is 1. The molecule has 0 aliphatic rings. The highest BCUT2D eigenvalue weighted by molar-refractivity contribution is 6.42. The second kappa shape index (κ2) is 7.25. The number of aromatic nitrogens is 4. The van der Waals surface area contributed by atoms with Crippen molar-refractivity contribution in [2.75, 3.05) is 0 Å². The van der Waals surface area contributed by atoms with Gasteiger partial charge in [-0.05, 0) is 30.3 Å². The van der Waals surface area contributed by atoms with Crippen molar-refractivity contribution in [3.05, 3.63) is 78.8 Å². The van der Waals surface area contributed by atoms with Gasteiger partial charge in [0.2, 0.25) is 0 Å². The van der Waals surface area contributed by atoms with Crippen LogP contribution >= 0.6 is 23.2 Å². The third kappa shape index (κ3) is 3.27. The maximum Gasteiger partial charge on any atom is 0.332 e. The molecule has 1 amide bonds. The number of hydrogen-bond acceptors (Lipinski definition) is 6. The number of non-ortho nitro benzene ring substituents is 1. The predicted molar refractivity (Wildman–Crippen MR) is 110 cm³/mol. The van der Waals surface area contributed by atoms with Gasteiger partial charge in [-0.2, -0.15) is 0 Å². The Morgan fingerprint density at radius 1 is 1.10 bits per heavy atom. The van der Waals surface area contributed by atoms with Crippen molar-refractivity contribution >= 4 is 46.0 Å². The molecule has 0 aliphatic carbocycles. The Morgan fingerprint density at radius 3 is 2.40 bits per heavy atom. The lowest BCUT2D eigenvalue weighted by atomic mass is 10.2. The molecule has 0 aliphatic heterocycles. The first-order valence-electron chi connectivity index (χ1n) is 8.29. The zero-order valence-corrected chi connectivity index (χ0v) is 16.3. The summed E-state index contributed by atoms with van der Waals surface area (Å²) >= 11 is 12.0. The summed E-state index contributed by atoms with van der Waals surface area (Å²) in [6.07, 6.45) is 0. The summed E-state index contributed by atoms with van der Waals surface area (Å²) in [5.41, 5.74) is 5.39. The second-order valence-corrected chi connectivity index (χ2v) is 6.94. The Balaban J connectivity index is 2.00. The van der Waals surface area contributed by atoms with Crippen molar-refractivity contribution in [2.24, 2.45) is 5.73 Å². The minimum atomic E-state index is -0.881. The maximum absolute atomic E-state index is 12.6. The number of nitrogens with one attached hydrogen (secondary N) is 1. The van der Waals surface area contributed by atoms with Gasteiger partial charge in [-0.15, -0.1) is 0 Å². The normalized spacial score (nSPS) is 11.0. The Hall–Kier alpha value is -3.76. The molecule has 2 heterocycles. The van der Waals surface area contributed by atoms with Crippen LogP contribution in [0.3, 0.4) is 0 Å². The Morgan fingerprint density at radius 2 is 1.80 bits per heavy atom. The molecule has 10 nitrogen and oxygen atoms in total. The van der Waals surface area contributed by atoms with Gasteiger partial charge in [0.25, 0.3) is 11.6 Å². The number of nitro benzene ring substituents is 1. The first kappa shape index (κ1) is 19.6. The number of nitrogens with zero attached hydrogens (tertiary/aromatic N) is 4. The van der Waals surface area contributed by atoms with Gasteiger partial charge in [-0.3, -0.25) is 14.9 Å². The van der Waals surface area contributed by atoms with E-state index >= 15 is 0 Å². The van der Waals surface area contributed by atoms with Gasteiger partial charge in [-0.25, -0.2) is 19.3 Å². The molecule has 0 saturated carbocycles. The van der Waals surface area contributed by atoms with Gasteiger partial charge in [-0.1, -0.05) is 23.2 Å². The first-order valence-corrected chi connectivity index (χ1v) is 9.04. The van der Waals surface area contributed by atoms with E-state index in [-0.39, 0.29) is 33.4 Å². The van der Waals surface area contributed by atoms with E-state index in [1.807, 2.05) is 0 Å². The molecule has 2 aromatic carbocycles. The van der Waals surface area contributed by atoms with Crippen molar-refractivity contribution in [1.82, 2.24) is 19.5 Å². The average molecular weight is 445 g/mol. The minimum Gasteiger partial charge on any atom is -0.364 e. The fourth-order valence-electron chi connectivity index (χ4n) is 2.89. The number of nitrogens with two attached hydrogens (primary N) is 1. The van der Waals surface area contributed by atoms with Crippen molar-refractivity contribution < 1.29 is 9.72 Å². The van der Waals surface area contributed by atoms with Crippen LogP contribution in [0.15, 0.2) is 47.3 Å². The molecule has 0 radical (unpaired) electrons. The molecule has 4 aromatic rings. The van der Waals surface area contributed by atoms with Crippen molar-refractivity contribution in [1.29, 1.82) is 0 Å². The molecule has 4 rings (SSSR count). The summed E-state index contributed by atoms with van der Waals surface area (Å²) in [5.74, 6) is -0.827. The predicted octanol–water partition coefficient (Wildman–Crippen LogP) is 3.09. The number of amides is 1. The van der Waals surface area contributed by atoms with E-state index in [1.54, 1.807) is 6.07 Å². The highest BCUT2D eigenvalue weighted by Crippen LogP contribution is 2.27. The number of benzene rings is 2. The number of nitro groups is 1. The molecule has 3 N–H and O–H groups in total. The summed E-state index contributed by atoms with van der Waals surface area (Å²) in [4.78, 5) is 46.0. The molecular weight excluding hydrogens is 435 g/mol. The number of hydrogen-bond donors (Lipinski definition) is 2. The van der Waals surface area contributed by atoms with Crippen LogP contribution in [0.1, 0.15) is 10.5 Å². The number of rotatable bonds is 4. The van der Waals surface area contributed by atoms with E-state index < -0.39 is 16.5 Å². The van der Waals surface area contributed by atoms with Crippen LogP contribution in [0.5, 0.6) is 0 Å². The van der Waals surface area contributed by atoms with Crippen LogP contribution in [-0.4, -0.2) is 30.3 Å². The lowest BCUT2D eigenvalue weighted by Gasteiger charge is -2.07. The van der Waals surface area contributed by atoms with E-state index in [4.69, 9.17) is 28.9 Å². The number of halogens is 2. The van der Waals surface area contributed by atoms with Crippen LogP contribution in [0.2, 0.25) is 10.0 Å². The average Bonchev–Trinajstić information content (AvgIpc) is 3.05. The Bertz CT molecular complexity index is 1390. The molecule has 0 fully saturated rings. The van der Waals surface area contributed by atoms with E-state index in [0.29, 0.717) is 16.3 Å². The fourth-order valence-corrected chi connectivity index (χ4v) is 3.18. The van der Waals surface area contributed by atoms with Crippen LogP contribution in [-0.2, 0) is 0 Å². The lowest BCUT2D eigenvalue weighted by Crippen LogP contribution is -2.15. The van der Waals surface area contributed by atoms with Crippen molar-refractivity contribution in [3.63, 3.8) is 0 Å². The SMILES string of the molecule is NC(=O)c1nc(-c2ccc([N+](=O)[O-])cc2)nc2c1[nH]c(=O)n2-c1ccc(Cl)c(Cl)c1. The van der Waals surface area contributed by atoms with E-state index in [1.165, 1.54) is 41.0 Å². The van der Waals surface area contributed by atoms with E-state index in [9.17, 15) is 19.7 Å². The monoisotopic (exact) mass is 444 g/mol. The summed E-state index contributed by atoms with van der Waals surface area (Å²) in [6.45, 7) is 0. The minimum absolute atomic E-state index is 0.0456. The Kier molecular flexibility index (Phi) is 4.72. The van der Waals surface area contributed by atoms with Gasteiger partial charge in [0.1, 0.15) is 5.52 Å². The smallest absolute Gasteiger partial charge is 0.332 e. The molecule has 150 valence electrons. The van der Waals surface area contributed by atoms with Crippen molar-refractivity contribution in [2.45, 2.75) is 0 Å². The van der Waals surface area contributed by atoms with Crippen LogP contribution in [0.25, 0.3) is 28.2 Å². The molecule has 0 spiro atoms. The molecule has 0 saturated heterocycles. The maximum atomic E-state index is 12.6. The van der Waals surface area contributed by atoms with E-state index in [2.05, 4.69) is 15.0 Å². The molecule has 12 heteroatoms. The third-order valence-corrected chi connectivity index (χ3v) is 5.01. The number of carbonyl (C=O) groups is 1. The molecule has 2 aromatic heterocycles. The molecule has 30 heavy (non-hydrogen) atoms. The standard InChI is InChI=1S/C18H10Cl2N6O4/c19-11-6-5-10(7-12(11)20)25-17-14(23-18(25)28)13(15(21)27)22-16(24-17)8-1-3-9(4-2-8)26(29)30/h1-7H,(H2,21,27)(H,23,28). The number of carbonyl (C=O) groups excluding carboxylic acids is 1. The quantitative estimate of drug-likeness (QED) is 0.364. The van der Waals surface area contributed by atoms with Gasteiger partial charge in [0.05, 0.1) is 20.7 Å². The topological polar surface area (TPSA) is 150 Å². The third-order valence-electron chi connectivity index (χ3n) is 4.27. The van der Waals surface area contributed by atoms with Crippen LogP contribution in [0.4, 0.5) is 5.69 Å². The van der Waals surface area contributed by atoms with Crippen LogP contribution in [0, 0.1) is 10.1 Å². The van der Waals surface area contributed by atoms with Gasteiger partial charge in [0.15, 0.2) is 17.2 Å². The lowest BCUT2D eigenvalue weighted by molar-refractivity contribution is -0.384. The molecule has 0 atom stereocenters. The Labute approximate surface area is 177 Å². The zero-order valence-electron chi connectivity index (χ0n) is 14.8. The number of imidazole rings is 1. The van der Waals surface area contributed by atoms with E-state index in [0.717, 1.165) is 0 Å². The van der Waals surface area contributed by atoms with Gasteiger partial charge >= 0.3 is 5.69 Å². The summed E-state index contributed by atoms with van der Waals surface area (Å²) in [6, 6.07) is 9.94. The fraction of sp³-hybridized carbons (Fsp3) is 0.